The van der Waals surface area contributed by atoms with E-state index < -0.39 is 0 Å². The highest BCUT2D eigenvalue weighted by molar-refractivity contribution is 5.27. The second-order valence-electron chi connectivity index (χ2n) is 2.47. The van der Waals surface area contributed by atoms with Crippen LogP contribution >= 0.6 is 0 Å². The lowest BCUT2D eigenvalue weighted by molar-refractivity contribution is 0.180. The van der Waals surface area contributed by atoms with Gasteiger partial charge in [0.1, 0.15) is 5.82 Å². The van der Waals surface area contributed by atoms with Gasteiger partial charge in [-0.05, 0) is 11.6 Å². The summed E-state index contributed by atoms with van der Waals surface area (Å²) in [5, 5.41) is 8.83. The Balaban J connectivity index is 3.00. The predicted molar refractivity (Wildman–Crippen MR) is 43.0 cm³/mol. The van der Waals surface area contributed by atoms with Crippen LogP contribution in [0.5, 0.6) is 0 Å². The minimum absolute atomic E-state index is 0.286. The quantitative estimate of drug-likeness (QED) is 0.744. The molecule has 66 valence electrons. The van der Waals surface area contributed by atoms with Crippen LogP contribution in [0.2, 0.25) is 0 Å². The van der Waals surface area contributed by atoms with Gasteiger partial charge in [0.15, 0.2) is 0 Å². The Hall–Kier alpha value is -0.930. The zero-order chi connectivity index (χ0) is 8.97. The number of benzene rings is 1. The summed E-state index contributed by atoms with van der Waals surface area (Å²) in [5.74, 6) is -0.382. The van der Waals surface area contributed by atoms with Crippen molar-refractivity contribution >= 4 is 0 Å². The highest BCUT2D eigenvalue weighted by Gasteiger charge is 2.05. The number of rotatable bonds is 3. The van der Waals surface area contributed by atoms with Crippen molar-refractivity contribution in [3.05, 3.63) is 35.1 Å². The molecule has 0 spiro atoms. The van der Waals surface area contributed by atoms with Crippen molar-refractivity contribution in [1.82, 2.24) is 0 Å². The topological polar surface area (TPSA) is 29.5 Å². The van der Waals surface area contributed by atoms with Crippen LogP contribution in [0, 0.1) is 5.82 Å². The van der Waals surface area contributed by atoms with E-state index in [0.29, 0.717) is 17.7 Å². The van der Waals surface area contributed by atoms with Crippen LogP contribution in [0.1, 0.15) is 11.1 Å². The van der Waals surface area contributed by atoms with Gasteiger partial charge in [-0.25, -0.2) is 4.39 Å². The van der Waals surface area contributed by atoms with Crippen LogP contribution in [0.3, 0.4) is 0 Å². The number of methoxy groups -OCH3 is 1. The molecular weight excluding hydrogens is 159 g/mol. The molecule has 0 atom stereocenters. The molecule has 2 nitrogen and oxygen atoms in total. The lowest BCUT2D eigenvalue weighted by Crippen LogP contribution is -1.98. The molecule has 0 fully saturated rings. The zero-order valence-electron chi connectivity index (χ0n) is 6.88. The van der Waals surface area contributed by atoms with Gasteiger partial charge in [0, 0.05) is 12.7 Å². The van der Waals surface area contributed by atoms with Gasteiger partial charge in [0.2, 0.25) is 0 Å². The molecule has 0 heterocycles. The van der Waals surface area contributed by atoms with E-state index in [1.165, 1.54) is 13.2 Å². The first-order valence-corrected chi connectivity index (χ1v) is 3.65. The number of hydrogen-bond donors (Lipinski definition) is 1. The number of aliphatic hydroxyl groups excluding tert-OH is 1. The molecule has 1 aromatic rings. The lowest BCUT2D eigenvalue weighted by atomic mass is 10.1. The van der Waals surface area contributed by atoms with E-state index in [-0.39, 0.29) is 12.4 Å². The first kappa shape index (κ1) is 9.16. The molecule has 0 radical (unpaired) electrons. The van der Waals surface area contributed by atoms with E-state index in [1.54, 1.807) is 12.1 Å². The number of hydrogen-bond acceptors (Lipinski definition) is 2. The second kappa shape index (κ2) is 4.18. The van der Waals surface area contributed by atoms with Gasteiger partial charge < -0.3 is 9.84 Å². The Bertz CT molecular complexity index is 261. The number of halogens is 1. The van der Waals surface area contributed by atoms with E-state index in [1.807, 2.05) is 0 Å². The third kappa shape index (κ3) is 1.81. The summed E-state index contributed by atoms with van der Waals surface area (Å²) < 4.78 is 17.8. The normalized spacial score (nSPS) is 10.2. The zero-order valence-corrected chi connectivity index (χ0v) is 6.88. The molecule has 1 N–H and O–H groups in total. The van der Waals surface area contributed by atoms with E-state index in [0.717, 1.165) is 0 Å². The first-order chi connectivity index (χ1) is 5.79. The Morgan fingerprint density at radius 2 is 2.25 bits per heavy atom. The Kier molecular flexibility index (Phi) is 3.19. The van der Waals surface area contributed by atoms with Crippen molar-refractivity contribution in [2.75, 3.05) is 7.11 Å². The molecule has 0 saturated carbocycles. The van der Waals surface area contributed by atoms with Gasteiger partial charge in [-0.3, -0.25) is 0 Å². The van der Waals surface area contributed by atoms with Gasteiger partial charge in [-0.1, -0.05) is 12.1 Å². The van der Waals surface area contributed by atoms with Crippen molar-refractivity contribution in [1.29, 1.82) is 0 Å². The van der Waals surface area contributed by atoms with Crippen LogP contribution < -0.4 is 0 Å². The average molecular weight is 170 g/mol. The third-order valence-electron chi connectivity index (χ3n) is 1.67. The number of aliphatic hydroxyl groups is 1. The lowest BCUT2D eigenvalue weighted by Gasteiger charge is -2.06. The largest absolute Gasteiger partial charge is 0.392 e. The van der Waals surface area contributed by atoms with Gasteiger partial charge in [-0.15, -0.1) is 0 Å². The van der Waals surface area contributed by atoms with Gasteiger partial charge in [0.05, 0.1) is 13.2 Å². The Morgan fingerprint density at radius 1 is 1.50 bits per heavy atom. The molecule has 0 aliphatic rings. The molecule has 0 saturated heterocycles. The van der Waals surface area contributed by atoms with Crippen molar-refractivity contribution in [3.63, 3.8) is 0 Å². The molecule has 0 amide bonds. The smallest absolute Gasteiger partial charge is 0.129 e. The maximum atomic E-state index is 13.0. The number of ether oxygens (including phenoxy) is 1. The van der Waals surface area contributed by atoms with E-state index >= 15 is 0 Å². The Labute approximate surface area is 70.6 Å². The van der Waals surface area contributed by atoms with E-state index in [4.69, 9.17) is 9.84 Å². The molecule has 0 aromatic heterocycles. The minimum atomic E-state index is -0.382. The molecule has 0 aliphatic carbocycles. The van der Waals surface area contributed by atoms with E-state index in [2.05, 4.69) is 0 Å². The maximum absolute atomic E-state index is 13.0. The van der Waals surface area contributed by atoms with Crippen molar-refractivity contribution < 1.29 is 14.2 Å². The van der Waals surface area contributed by atoms with Crippen LogP contribution in [0.25, 0.3) is 0 Å². The van der Waals surface area contributed by atoms with Crippen molar-refractivity contribution in [2.24, 2.45) is 0 Å². The van der Waals surface area contributed by atoms with E-state index in [9.17, 15) is 4.39 Å². The summed E-state index contributed by atoms with van der Waals surface area (Å²) in [6.07, 6.45) is 0. The van der Waals surface area contributed by atoms with Gasteiger partial charge >= 0.3 is 0 Å². The molecule has 1 rings (SSSR count). The van der Waals surface area contributed by atoms with Crippen LogP contribution in [0.15, 0.2) is 18.2 Å². The molecule has 12 heavy (non-hydrogen) atoms. The van der Waals surface area contributed by atoms with Crippen molar-refractivity contribution in [2.45, 2.75) is 13.2 Å². The summed E-state index contributed by atoms with van der Waals surface area (Å²) in [6, 6.07) is 4.66. The third-order valence-corrected chi connectivity index (χ3v) is 1.67. The van der Waals surface area contributed by atoms with Crippen LogP contribution in [-0.2, 0) is 18.0 Å². The standard InChI is InChI=1S/C9H11FO2/c1-12-6-7-3-2-4-9(10)8(7)5-11/h2-4,11H,5-6H2,1H3. The van der Waals surface area contributed by atoms with Gasteiger partial charge in [0.25, 0.3) is 0 Å². The van der Waals surface area contributed by atoms with Crippen molar-refractivity contribution in [3.8, 4) is 0 Å². The second-order valence-corrected chi connectivity index (χ2v) is 2.47. The first-order valence-electron chi connectivity index (χ1n) is 3.65. The summed E-state index contributed by atoms with van der Waals surface area (Å²) in [7, 11) is 1.53. The average Bonchev–Trinajstić information content (AvgIpc) is 2.05. The highest BCUT2D eigenvalue weighted by atomic mass is 19.1. The SMILES string of the molecule is COCc1cccc(F)c1CO. The molecule has 0 unspecified atom stereocenters. The summed E-state index contributed by atoms with van der Waals surface area (Å²) >= 11 is 0. The minimum Gasteiger partial charge on any atom is -0.392 e. The summed E-state index contributed by atoms with van der Waals surface area (Å²) in [6.45, 7) is 0.0407. The van der Waals surface area contributed by atoms with Gasteiger partial charge in [-0.2, -0.15) is 0 Å². The fourth-order valence-corrected chi connectivity index (χ4v) is 1.07. The molecule has 1 aromatic carbocycles. The fourth-order valence-electron chi connectivity index (χ4n) is 1.07. The maximum Gasteiger partial charge on any atom is 0.129 e. The highest BCUT2D eigenvalue weighted by Crippen LogP contribution is 2.13. The molecule has 0 bridgehead atoms. The predicted octanol–water partition coefficient (Wildman–Crippen LogP) is 1.46. The molecule has 3 heteroatoms. The molecular formula is C9H11FO2. The Morgan fingerprint density at radius 3 is 2.83 bits per heavy atom. The summed E-state index contributed by atoms with van der Waals surface area (Å²) in [5.41, 5.74) is 1.01. The fraction of sp³-hybridized carbons (Fsp3) is 0.333. The van der Waals surface area contributed by atoms with Crippen LogP contribution in [0.4, 0.5) is 4.39 Å². The monoisotopic (exact) mass is 170 g/mol. The van der Waals surface area contributed by atoms with Crippen LogP contribution in [-0.4, -0.2) is 12.2 Å². The molecule has 0 aliphatic heterocycles. The summed E-state index contributed by atoms with van der Waals surface area (Å²) in [4.78, 5) is 0.